The average Bonchev–Trinajstić information content (AvgIpc) is 2.34. The molecule has 0 bridgehead atoms. The maximum atomic E-state index is 11.8. The molecule has 0 amide bonds. The molecule has 128 valence electrons. The van der Waals surface area contributed by atoms with Crippen LogP contribution >= 0.6 is 0 Å². The molecular formula is C17H32NO4+. The van der Waals surface area contributed by atoms with Crippen LogP contribution in [0.3, 0.4) is 0 Å². The molecule has 22 heavy (non-hydrogen) atoms. The Bertz CT molecular complexity index is 358. The van der Waals surface area contributed by atoms with Crippen molar-refractivity contribution in [3.63, 3.8) is 0 Å². The van der Waals surface area contributed by atoms with Crippen molar-refractivity contribution in [1.82, 2.24) is 0 Å². The molecule has 0 aliphatic carbocycles. The van der Waals surface area contributed by atoms with E-state index in [9.17, 15) is 9.59 Å². The molecule has 0 aromatic heterocycles. The lowest BCUT2D eigenvalue weighted by Crippen LogP contribution is -2.43. The monoisotopic (exact) mass is 314 g/mol. The number of nitrogens with zero attached hydrogens (tertiary/aromatic N) is 1. The number of unbranched alkanes of at least 4 members (excludes halogenated alkanes) is 4. The number of aliphatic carboxylic acids is 1. The molecule has 0 radical (unpaired) electrons. The number of esters is 1. The quantitative estimate of drug-likeness (QED) is 0.260. The van der Waals surface area contributed by atoms with Crippen LogP contribution < -0.4 is 0 Å². The highest BCUT2D eigenvalue weighted by Crippen LogP contribution is 2.07. The van der Waals surface area contributed by atoms with E-state index in [0.29, 0.717) is 11.0 Å². The summed E-state index contributed by atoms with van der Waals surface area (Å²) in [4.78, 5) is 22.6. The minimum Gasteiger partial charge on any atom is -0.481 e. The number of hydrogen-bond acceptors (Lipinski definition) is 3. The Morgan fingerprint density at radius 2 is 1.82 bits per heavy atom. The smallest absolute Gasteiger partial charge is 0.310 e. The number of allylic oxidation sites excluding steroid dienone is 1. The SMILES string of the molecule is CCCCCC/C=C/CC(=O)OC(CC(=O)O)C[N+](C)(C)C. The molecule has 0 saturated carbocycles. The number of carboxylic acids is 1. The molecule has 1 N–H and O–H groups in total. The molecular weight excluding hydrogens is 282 g/mol. The molecule has 0 aromatic carbocycles. The summed E-state index contributed by atoms with van der Waals surface area (Å²) in [6.45, 7) is 2.66. The Labute approximate surface area is 134 Å². The summed E-state index contributed by atoms with van der Waals surface area (Å²) in [7, 11) is 5.83. The molecule has 0 aliphatic rings. The van der Waals surface area contributed by atoms with E-state index in [1.165, 1.54) is 19.3 Å². The number of ether oxygens (including phenoxy) is 1. The Balaban J connectivity index is 4.11. The Kier molecular flexibility index (Phi) is 10.5. The second kappa shape index (κ2) is 11.2. The van der Waals surface area contributed by atoms with Gasteiger partial charge in [0.25, 0.3) is 0 Å². The Morgan fingerprint density at radius 1 is 1.14 bits per heavy atom. The second-order valence-electron chi connectivity index (χ2n) is 6.71. The van der Waals surface area contributed by atoms with Crippen LogP contribution in [0.4, 0.5) is 0 Å². The fraction of sp³-hybridized carbons (Fsp3) is 0.765. The summed E-state index contributed by atoms with van der Waals surface area (Å²) >= 11 is 0. The third kappa shape index (κ3) is 13.6. The fourth-order valence-electron chi connectivity index (χ4n) is 2.17. The van der Waals surface area contributed by atoms with Crippen LogP contribution in [0.2, 0.25) is 0 Å². The third-order valence-electron chi connectivity index (χ3n) is 3.13. The van der Waals surface area contributed by atoms with Gasteiger partial charge in [0.05, 0.1) is 34.0 Å². The highest BCUT2D eigenvalue weighted by atomic mass is 16.5. The van der Waals surface area contributed by atoms with Crippen LogP contribution in [0.1, 0.15) is 51.9 Å². The van der Waals surface area contributed by atoms with Crippen molar-refractivity contribution in [2.75, 3.05) is 27.7 Å². The standard InChI is InChI=1S/C17H31NO4/c1-5-6-7-8-9-10-11-12-17(21)22-15(13-16(19)20)14-18(2,3)4/h10-11,15H,5-9,12-14H2,1-4H3/p+1/b11-10+. The molecule has 1 atom stereocenters. The van der Waals surface area contributed by atoms with Crippen molar-refractivity contribution >= 4 is 11.9 Å². The molecule has 1 unspecified atom stereocenters. The first kappa shape index (κ1) is 20.6. The van der Waals surface area contributed by atoms with E-state index in [1.807, 2.05) is 33.3 Å². The third-order valence-corrected chi connectivity index (χ3v) is 3.13. The van der Waals surface area contributed by atoms with E-state index in [4.69, 9.17) is 9.84 Å². The van der Waals surface area contributed by atoms with Crippen LogP contribution in [0.25, 0.3) is 0 Å². The van der Waals surface area contributed by atoms with E-state index in [2.05, 4.69) is 6.92 Å². The first-order valence-electron chi connectivity index (χ1n) is 8.11. The minimum absolute atomic E-state index is 0.151. The molecule has 0 heterocycles. The van der Waals surface area contributed by atoms with Gasteiger partial charge in [-0.2, -0.15) is 0 Å². The molecule has 0 aromatic rings. The van der Waals surface area contributed by atoms with Gasteiger partial charge in [0.1, 0.15) is 6.54 Å². The van der Waals surface area contributed by atoms with Crippen LogP contribution in [-0.4, -0.2) is 55.3 Å². The summed E-state index contributed by atoms with van der Waals surface area (Å²) in [6, 6.07) is 0. The zero-order chi connectivity index (χ0) is 17.0. The van der Waals surface area contributed by atoms with E-state index in [1.54, 1.807) is 0 Å². The fourth-order valence-corrected chi connectivity index (χ4v) is 2.17. The lowest BCUT2D eigenvalue weighted by atomic mass is 10.1. The maximum absolute atomic E-state index is 11.8. The van der Waals surface area contributed by atoms with Crippen molar-refractivity contribution in [1.29, 1.82) is 0 Å². The molecule has 0 aliphatic heterocycles. The van der Waals surface area contributed by atoms with Crippen molar-refractivity contribution < 1.29 is 23.9 Å². The normalized spacial score (nSPS) is 13.3. The van der Waals surface area contributed by atoms with Crippen LogP contribution in [0.5, 0.6) is 0 Å². The number of carbonyl (C=O) groups excluding carboxylic acids is 1. The van der Waals surface area contributed by atoms with Crippen molar-refractivity contribution in [2.45, 2.75) is 58.0 Å². The maximum Gasteiger partial charge on any atom is 0.310 e. The van der Waals surface area contributed by atoms with Gasteiger partial charge in [0.15, 0.2) is 6.10 Å². The van der Waals surface area contributed by atoms with Gasteiger partial charge in [0, 0.05) is 0 Å². The van der Waals surface area contributed by atoms with Crippen LogP contribution in [0, 0.1) is 0 Å². The van der Waals surface area contributed by atoms with Gasteiger partial charge in [-0.15, -0.1) is 0 Å². The molecule has 5 heteroatoms. The summed E-state index contributed by atoms with van der Waals surface area (Å²) < 4.78 is 5.85. The Morgan fingerprint density at radius 3 is 2.36 bits per heavy atom. The van der Waals surface area contributed by atoms with E-state index in [0.717, 1.165) is 12.8 Å². The summed E-state index contributed by atoms with van der Waals surface area (Å²) in [6.07, 6.45) is 9.10. The van der Waals surface area contributed by atoms with E-state index >= 15 is 0 Å². The molecule has 0 fully saturated rings. The van der Waals surface area contributed by atoms with E-state index < -0.39 is 12.1 Å². The lowest BCUT2D eigenvalue weighted by molar-refractivity contribution is -0.873. The zero-order valence-electron chi connectivity index (χ0n) is 14.5. The van der Waals surface area contributed by atoms with Gasteiger partial charge in [-0.05, 0) is 12.8 Å². The first-order chi connectivity index (χ1) is 10.2. The highest BCUT2D eigenvalue weighted by Gasteiger charge is 2.24. The topological polar surface area (TPSA) is 63.6 Å². The van der Waals surface area contributed by atoms with Crippen molar-refractivity contribution in [2.24, 2.45) is 0 Å². The van der Waals surface area contributed by atoms with Gasteiger partial charge in [-0.3, -0.25) is 9.59 Å². The number of rotatable bonds is 12. The number of carboxylic acid groups (broad SMARTS) is 1. The van der Waals surface area contributed by atoms with Crippen molar-refractivity contribution in [3.05, 3.63) is 12.2 Å². The van der Waals surface area contributed by atoms with Gasteiger partial charge in [0.2, 0.25) is 0 Å². The first-order valence-corrected chi connectivity index (χ1v) is 8.11. The predicted molar refractivity (Wildman–Crippen MR) is 87.5 cm³/mol. The minimum atomic E-state index is -0.947. The number of carbonyl (C=O) groups is 2. The van der Waals surface area contributed by atoms with Crippen LogP contribution in [-0.2, 0) is 14.3 Å². The predicted octanol–water partition coefficient (Wildman–Crippen LogP) is 3.00. The molecule has 5 nitrogen and oxygen atoms in total. The lowest BCUT2D eigenvalue weighted by Gasteiger charge is -2.28. The Hall–Kier alpha value is -1.36. The average molecular weight is 314 g/mol. The zero-order valence-corrected chi connectivity index (χ0v) is 14.5. The summed E-state index contributed by atoms with van der Waals surface area (Å²) in [5, 5.41) is 8.90. The van der Waals surface area contributed by atoms with Gasteiger partial charge in [-0.25, -0.2) is 0 Å². The number of quaternary nitrogens is 1. The summed E-state index contributed by atoms with van der Waals surface area (Å²) in [5.41, 5.74) is 0. The van der Waals surface area contributed by atoms with Gasteiger partial charge >= 0.3 is 11.9 Å². The van der Waals surface area contributed by atoms with Crippen LogP contribution in [0.15, 0.2) is 12.2 Å². The van der Waals surface area contributed by atoms with E-state index in [-0.39, 0.29) is 18.8 Å². The number of likely N-dealkylation sites (N-methyl/N-ethyl adjacent to an activating group) is 1. The van der Waals surface area contributed by atoms with Gasteiger partial charge < -0.3 is 14.3 Å². The second-order valence-corrected chi connectivity index (χ2v) is 6.71. The largest absolute Gasteiger partial charge is 0.481 e. The summed E-state index contributed by atoms with van der Waals surface area (Å²) in [5.74, 6) is -1.30. The number of hydrogen-bond donors (Lipinski definition) is 1. The molecule has 0 rings (SSSR count). The highest BCUT2D eigenvalue weighted by molar-refractivity contribution is 5.72. The van der Waals surface area contributed by atoms with Crippen molar-refractivity contribution in [3.8, 4) is 0 Å². The van der Waals surface area contributed by atoms with Gasteiger partial charge in [-0.1, -0.05) is 38.3 Å². The molecule has 0 spiro atoms. The molecule has 0 saturated heterocycles.